The van der Waals surface area contributed by atoms with Gasteiger partial charge in [0.2, 0.25) is 11.6 Å². The Kier molecular flexibility index (Phi) is 6.23. The SMILES string of the molecule is Cc1cc(C(C(=O)N2CCCC2C2=NC(C)(c3ccc(-c4scnc4C)cc3)ON2)C(C)C)on1. The molecule has 2 aliphatic heterocycles. The molecule has 3 atom stereocenters. The Bertz CT molecular complexity index is 1250. The van der Waals surface area contributed by atoms with Gasteiger partial charge in [0.15, 0.2) is 0 Å². The quantitative estimate of drug-likeness (QED) is 0.522. The summed E-state index contributed by atoms with van der Waals surface area (Å²) in [7, 11) is 0. The lowest BCUT2D eigenvalue weighted by atomic mass is 9.91. The number of hydroxylamine groups is 1. The Morgan fingerprint density at radius 1 is 1.26 bits per heavy atom. The van der Waals surface area contributed by atoms with E-state index < -0.39 is 5.72 Å². The zero-order valence-electron chi connectivity index (χ0n) is 20.7. The van der Waals surface area contributed by atoms with E-state index in [1.807, 2.05) is 63.2 Å². The maximum atomic E-state index is 13.7. The molecule has 1 aromatic carbocycles. The number of hydrogen-bond acceptors (Lipinski definition) is 8. The number of benzene rings is 1. The monoisotopic (exact) mass is 493 g/mol. The first-order chi connectivity index (χ1) is 16.8. The highest BCUT2D eigenvalue weighted by Crippen LogP contribution is 2.36. The third-order valence-corrected chi connectivity index (χ3v) is 7.83. The molecular weight excluding hydrogens is 462 g/mol. The van der Waals surface area contributed by atoms with Gasteiger partial charge in [-0.3, -0.25) is 4.79 Å². The molecule has 1 N–H and O–H groups in total. The van der Waals surface area contributed by atoms with Crippen LogP contribution in [-0.4, -0.2) is 39.4 Å². The second kappa shape index (κ2) is 9.20. The fourth-order valence-electron chi connectivity index (χ4n) is 4.96. The largest absolute Gasteiger partial charge is 0.360 e. The molecule has 0 radical (unpaired) electrons. The molecule has 1 amide bonds. The molecule has 0 spiro atoms. The Hall–Kier alpha value is -3.04. The number of aryl methyl sites for hydroxylation is 2. The van der Waals surface area contributed by atoms with Crippen molar-refractivity contribution >= 4 is 23.1 Å². The van der Waals surface area contributed by atoms with E-state index in [1.54, 1.807) is 11.3 Å². The van der Waals surface area contributed by atoms with Crippen molar-refractivity contribution in [2.75, 3.05) is 6.54 Å². The second-order valence-corrected chi connectivity index (χ2v) is 10.7. The molecular formula is C26H31N5O3S. The zero-order valence-corrected chi connectivity index (χ0v) is 21.6. The van der Waals surface area contributed by atoms with Crippen LogP contribution in [0.25, 0.3) is 10.4 Å². The van der Waals surface area contributed by atoms with Crippen LogP contribution in [0.3, 0.4) is 0 Å². The standard InChI is InChI=1S/C26H31N5O3S/c1-15(2)22(21-13-16(3)29-33-21)25(32)31-12-6-7-20(31)24-28-26(5,34-30-24)19-10-8-18(9-11-19)23-17(4)27-14-35-23/h8-11,13-15,20,22H,6-7,12H2,1-5H3,(H,28,30). The van der Waals surface area contributed by atoms with Gasteiger partial charge in [-0.1, -0.05) is 43.3 Å². The number of nitrogens with one attached hydrogen (secondary N) is 1. The fourth-order valence-corrected chi connectivity index (χ4v) is 5.77. The number of aromatic nitrogens is 2. The topological polar surface area (TPSA) is 92.9 Å². The first-order valence-corrected chi connectivity index (χ1v) is 12.9. The number of nitrogens with zero attached hydrogens (tertiary/aromatic N) is 4. The lowest BCUT2D eigenvalue weighted by molar-refractivity contribution is -0.134. The van der Waals surface area contributed by atoms with Crippen molar-refractivity contribution in [2.45, 2.75) is 65.1 Å². The molecule has 0 aliphatic carbocycles. The Morgan fingerprint density at radius 2 is 2.03 bits per heavy atom. The van der Waals surface area contributed by atoms with Crippen LogP contribution in [0.5, 0.6) is 0 Å². The van der Waals surface area contributed by atoms with E-state index in [9.17, 15) is 4.79 Å². The van der Waals surface area contributed by atoms with Gasteiger partial charge in [-0.15, -0.1) is 11.3 Å². The van der Waals surface area contributed by atoms with E-state index in [2.05, 4.69) is 27.8 Å². The zero-order chi connectivity index (χ0) is 24.7. The van der Waals surface area contributed by atoms with Gasteiger partial charge in [0, 0.05) is 18.2 Å². The summed E-state index contributed by atoms with van der Waals surface area (Å²) in [5, 5.41) is 4.00. The smallest absolute Gasteiger partial charge is 0.234 e. The van der Waals surface area contributed by atoms with Crippen LogP contribution in [0.1, 0.15) is 62.2 Å². The molecule has 4 heterocycles. The minimum absolute atomic E-state index is 0.0426. The molecule has 5 rings (SSSR count). The summed E-state index contributed by atoms with van der Waals surface area (Å²) in [5.41, 5.74) is 7.92. The van der Waals surface area contributed by atoms with Crippen molar-refractivity contribution in [1.82, 2.24) is 20.5 Å². The van der Waals surface area contributed by atoms with Crippen molar-refractivity contribution in [3.63, 3.8) is 0 Å². The number of carbonyl (C=O) groups excluding carboxylic acids is 1. The van der Waals surface area contributed by atoms with Gasteiger partial charge >= 0.3 is 0 Å². The normalized spacial score (nSPS) is 23.0. The number of amides is 1. The third kappa shape index (κ3) is 4.38. The van der Waals surface area contributed by atoms with E-state index in [-0.39, 0.29) is 23.8 Å². The number of rotatable bonds is 6. The summed E-state index contributed by atoms with van der Waals surface area (Å²) in [6.45, 7) is 10.6. The number of amidine groups is 1. The maximum Gasteiger partial charge on any atom is 0.234 e. The van der Waals surface area contributed by atoms with Crippen LogP contribution < -0.4 is 5.48 Å². The van der Waals surface area contributed by atoms with Crippen LogP contribution >= 0.6 is 11.3 Å². The summed E-state index contributed by atoms with van der Waals surface area (Å²) in [6.07, 6.45) is 1.75. The second-order valence-electron chi connectivity index (χ2n) is 9.81. The minimum Gasteiger partial charge on any atom is -0.360 e. The molecule has 9 heteroatoms. The highest BCUT2D eigenvalue weighted by molar-refractivity contribution is 7.13. The lowest BCUT2D eigenvalue weighted by Crippen LogP contribution is -2.46. The van der Waals surface area contributed by atoms with Crippen molar-refractivity contribution < 1.29 is 14.2 Å². The van der Waals surface area contributed by atoms with Crippen molar-refractivity contribution in [2.24, 2.45) is 10.9 Å². The number of carbonyl (C=O) groups is 1. The van der Waals surface area contributed by atoms with Gasteiger partial charge in [-0.25, -0.2) is 20.3 Å². The molecule has 0 bridgehead atoms. The van der Waals surface area contributed by atoms with Crippen LogP contribution in [0, 0.1) is 19.8 Å². The molecule has 2 aromatic heterocycles. The summed E-state index contributed by atoms with van der Waals surface area (Å²) >= 11 is 1.63. The van der Waals surface area contributed by atoms with Crippen LogP contribution in [-0.2, 0) is 15.4 Å². The van der Waals surface area contributed by atoms with E-state index in [1.165, 1.54) is 0 Å². The first-order valence-electron chi connectivity index (χ1n) is 12.1. The number of likely N-dealkylation sites (tertiary alicyclic amines) is 1. The maximum absolute atomic E-state index is 13.7. The van der Waals surface area contributed by atoms with E-state index in [0.29, 0.717) is 18.1 Å². The molecule has 35 heavy (non-hydrogen) atoms. The molecule has 1 saturated heterocycles. The van der Waals surface area contributed by atoms with Crippen molar-refractivity contribution in [3.8, 4) is 10.4 Å². The number of aliphatic imine (C=N–C) groups is 1. The first kappa shape index (κ1) is 23.7. The van der Waals surface area contributed by atoms with Gasteiger partial charge in [0.1, 0.15) is 17.5 Å². The van der Waals surface area contributed by atoms with E-state index in [4.69, 9.17) is 14.4 Å². The molecule has 1 fully saturated rings. The van der Waals surface area contributed by atoms with E-state index in [0.717, 1.165) is 40.2 Å². The van der Waals surface area contributed by atoms with Crippen LogP contribution in [0.4, 0.5) is 0 Å². The Morgan fingerprint density at radius 3 is 2.66 bits per heavy atom. The van der Waals surface area contributed by atoms with Crippen molar-refractivity contribution in [3.05, 3.63) is 58.6 Å². The van der Waals surface area contributed by atoms with Gasteiger partial charge in [-0.05, 0) is 45.1 Å². The number of thiazole rings is 1. The average molecular weight is 494 g/mol. The minimum atomic E-state index is -0.868. The lowest BCUT2D eigenvalue weighted by Gasteiger charge is -2.29. The predicted octanol–water partition coefficient (Wildman–Crippen LogP) is 4.95. The Labute approximate surface area is 209 Å². The van der Waals surface area contributed by atoms with Gasteiger partial charge in [-0.2, -0.15) is 0 Å². The highest BCUT2D eigenvalue weighted by atomic mass is 32.1. The third-order valence-electron chi connectivity index (χ3n) is 6.85. The van der Waals surface area contributed by atoms with Crippen LogP contribution in [0.2, 0.25) is 0 Å². The van der Waals surface area contributed by atoms with Gasteiger partial charge < -0.3 is 9.42 Å². The average Bonchev–Trinajstić information content (AvgIpc) is 3.62. The van der Waals surface area contributed by atoms with E-state index >= 15 is 0 Å². The molecule has 3 unspecified atom stereocenters. The summed E-state index contributed by atoms with van der Waals surface area (Å²) in [6, 6.07) is 9.94. The van der Waals surface area contributed by atoms with Crippen molar-refractivity contribution in [1.29, 1.82) is 0 Å². The Balaban J connectivity index is 1.37. The molecule has 3 aromatic rings. The number of hydrogen-bond donors (Lipinski definition) is 1. The van der Waals surface area contributed by atoms with Gasteiger partial charge in [0.05, 0.1) is 27.8 Å². The summed E-state index contributed by atoms with van der Waals surface area (Å²) < 4.78 is 5.49. The molecule has 8 nitrogen and oxygen atoms in total. The summed E-state index contributed by atoms with van der Waals surface area (Å²) in [4.78, 5) is 32.0. The molecule has 2 aliphatic rings. The van der Waals surface area contributed by atoms with Gasteiger partial charge in [0.25, 0.3) is 0 Å². The fraction of sp³-hybridized carbons (Fsp3) is 0.462. The van der Waals surface area contributed by atoms with Crippen LogP contribution in [0.15, 0.2) is 45.4 Å². The predicted molar refractivity (Wildman–Crippen MR) is 135 cm³/mol. The molecule has 0 saturated carbocycles. The molecule has 184 valence electrons. The highest BCUT2D eigenvalue weighted by Gasteiger charge is 2.43. The summed E-state index contributed by atoms with van der Waals surface area (Å²) in [5.74, 6) is 1.05.